The average Bonchev–Trinajstić information content (AvgIpc) is 2.33. The third-order valence-corrected chi connectivity index (χ3v) is 4.13. The Morgan fingerprint density at radius 1 is 1.42 bits per heavy atom. The van der Waals surface area contributed by atoms with E-state index in [0.29, 0.717) is 11.8 Å². The summed E-state index contributed by atoms with van der Waals surface area (Å²) in [5.41, 5.74) is -0.341. The summed E-state index contributed by atoms with van der Waals surface area (Å²) >= 11 is 0.356. The zero-order valence-electron chi connectivity index (χ0n) is 10.2. The van der Waals surface area contributed by atoms with Crippen molar-refractivity contribution in [3.63, 3.8) is 0 Å². The number of nitrogens with one attached hydrogen (secondary N) is 1. The number of aliphatic hydroxyl groups excluding tert-OH is 1. The summed E-state index contributed by atoms with van der Waals surface area (Å²) in [6.45, 7) is -0.122. The number of amides is 1. The molecular weight excluding hydrogens is 272 g/mol. The lowest BCUT2D eigenvalue weighted by Crippen LogP contribution is -2.56. The van der Waals surface area contributed by atoms with Gasteiger partial charge in [0, 0.05) is 4.90 Å². The first-order chi connectivity index (χ1) is 9.06. The minimum atomic E-state index is -2.57. The van der Waals surface area contributed by atoms with Gasteiger partial charge in [-0.05, 0) is 31.4 Å². The largest absolute Gasteiger partial charge is 0.394 e. The first-order valence-corrected chi connectivity index (χ1v) is 6.91. The smallest absolute Gasteiger partial charge is 0.288 e. The molecule has 104 valence electrons. The second-order valence-electron chi connectivity index (χ2n) is 4.62. The van der Waals surface area contributed by atoms with Crippen LogP contribution in [0.15, 0.2) is 29.2 Å². The number of aliphatic hydroxyl groups is 1. The first kappa shape index (κ1) is 14.3. The highest BCUT2D eigenvalue weighted by Crippen LogP contribution is 2.33. The van der Waals surface area contributed by atoms with Gasteiger partial charge < -0.3 is 10.4 Å². The topological polar surface area (TPSA) is 49.3 Å². The second kappa shape index (κ2) is 5.88. The summed E-state index contributed by atoms with van der Waals surface area (Å²) in [6.07, 6.45) is 2.40. The van der Waals surface area contributed by atoms with Crippen molar-refractivity contribution in [3.05, 3.63) is 29.8 Å². The summed E-state index contributed by atoms with van der Waals surface area (Å²) in [6, 6.07) is 6.27. The van der Waals surface area contributed by atoms with Gasteiger partial charge in [-0.3, -0.25) is 4.79 Å². The van der Waals surface area contributed by atoms with Gasteiger partial charge in [-0.1, -0.05) is 23.9 Å². The molecule has 1 aromatic rings. The lowest BCUT2D eigenvalue weighted by molar-refractivity contribution is 0.0639. The van der Waals surface area contributed by atoms with Crippen LogP contribution in [0.2, 0.25) is 0 Å². The van der Waals surface area contributed by atoms with Crippen LogP contribution in [-0.4, -0.2) is 28.9 Å². The van der Waals surface area contributed by atoms with Gasteiger partial charge in [0.05, 0.1) is 17.7 Å². The maximum absolute atomic E-state index is 12.4. The number of carbonyl (C=O) groups is 1. The summed E-state index contributed by atoms with van der Waals surface area (Å²) in [7, 11) is 0. The fourth-order valence-corrected chi connectivity index (χ4v) is 2.72. The van der Waals surface area contributed by atoms with Crippen molar-refractivity contribution in [2.24, 2.45) is 0 Å². The van der Waals surface area contributed by atoms with Gasteiger partial charge >= 0.3 is 0 Å². The van der Waals surface area contributed by atoms with Crippen LogP contribution >= 0.6 is 11.8 Å². The number of halogens is 2. The van der Waals surface area contributed by atoms with Crippen LogP contribution in [0.25, 0.3) is 0 Å². The fourth-order valence-electron chi connectivity index (χ4n) is 2.09. The number of benzene rings is 1. The summed E-state index contributed by atoms with van der Waals surface area (Å²) in [5.74, 6) is -2.97. The van der Waals surface area contributed by atoms with Gasteiger partial charge in [0.2, 0.25) is 0 Å². The summed E-state index contributed by atoms with van der Waals surface area (Å²) in [5, 5.41) is 12.1. The summed E-state index contributed by atoms with van der Waals surface area (Å²) < 4.78 is 24.9. The number of hydrogen-bond donors (Lipinski definition) is 2. The molecule has 1 aromatic carbocycles. The van der Waals surface area contributed by atoms with Crippen molar-refractivity contribution in [1.82, 2.24) is 5.32 Å². The van der Waals surface area contributed by atoms with Crippen LogP contribution in [0.1, 0.15) is 29.6 Å². The molecule has 0 saturated heterocycles. The molecule has 0 radical (unpaired) electrons. The molecule has 0 unspecified atom stereocenters. The molecule has 0 spiro atoms. The number of rotatable bonds is 5. The van der Waals surface area contributed by atoms with Crippen LogP contribution in [0.5, 0.6) is 0 Å². The molecule has 1 fully saturated rings. The minimum absolute atomic E-state index is 0.122. The van der Waals surface area contributed by atoms with Crippen molar-refractivity contribution >= 4 is 17.7 Å². The second-order valence-corrected chi connectivity index (χ2v) is 5.65. The van der Waals surface area contributed by atoms with E-state index in [1.807, 2.05) is 0 Å². The molecule has 2 N–H and O–H groups in total. The third kappa shape index (κ3) is 3.25. The van der Waals surface area contributed by atoms with Crippen LogP contribution in [-0.2, 0) is 0 Å². The monoisotopic (exact) mass is 287 g/mol. The zero-order valence-corrected chi connectivity index (χ0v) is 11.1. The number of alkyl halides is 2. The SMILES string of the molecule is O=C(NC1(CO)CCC1)c1ccccc1SC(F)F. The Morgan fingerprint density at radius 3 is 2.63 bits per heavy atom. The van der Waals surface area contributed by atoms with Crippen LogP contribution in [0.3, 0.4) is 0 Å². The Kier molecular flexibility index (Phi) is 4.42. The highest BCUT2D eigenvalue weighted by Gasteiger charge is 2.38. The maximum Gasteiger partial charge on any atom is 0.288 e. The van der Waals surface area contributed by atoms with Crippen molar-refractivity contribution in [3.8, 4) is 0 Å². The minimum Gasteiger partial charge on any atom is -0.394 e. The van der Waals surface area contributed by atoms with Gasteiger partial charge in [0.25, 0.3) is 11.7 Å². The highest BCUT2D eigenvalue weighted by atomic mass is 32.2. The molecule has 2 rings (SSSR count). The number of carbonyl (C=O) groups excluding carboxylic acids is 1. The van der Waals surface area contributed by atoms with E-state index in [0.717, 1.165) is 19.3 Å². The lowest BCUT2D eigenvalue weighted by Gasteiger charge is -2.41. The Morgan fingerprint density at radius 2 is 2.11 bits per heavy atom. The van der Waals surface area contributed by atoms with Crippen molar-refractivity contribution in [2.75, 3.05) is 6.61 Å². The van der Waals surface area contributed by atoms with Gasteiger partial charge in [-0.15, -0.1) is 0 Å². The van der Waals surface area contributed by atoms with E-state index >= 15 is 0 Å². The third-order valence-electron chi connectivity index (χ3n) is 3.34. The first-order valence-electron chi connectivity index (χ1n) is 6.03. The molecule has 1 aliphatic rings. The molecule has 0 atom stereocenters. The number of thioether (sulfide) groups is 1. The molecule has 0 aromatic heterocycles. The molecule has 1 saturated carbocycles. The predicted molar refractivity (Wildman–Crippen MR) is 69.4 cm³/mol. The Labute approximate surface area is 114 Å². The van der Waals surface area contributed by atoms with Gasteiger partial charge in [-0.25, -0.2) is 0 Å². The molecule has 19 heavy (non-hydrogen) atoms. The van der Waals surface area contributed by atoms with Crippen LogP contribution in [0, 0.1) is 0 Å². The fraction of sp³-hybridized carbons (Fsp3) is 0.462. The maximum atomic E-state index is 12.4. The van der Waals surface area contributed by atoms with E-state index in [-0.39, 0.29) is 17.1 Å². The van der Waals surface area contributed by atoms with E-state index in [2.05, 4.69) is 5.32 Å². The van der Waals surface area contributed by atoms with Crippen LogP contribution in [0.4, 0.5) is 8.78 Å². The molecule has 1 amide bonds. The molecule has 3 nitrogen and oxygen atoms in total. The van der Waals surface area contributed by atoms with Gasteiger partial charge in [0.15, 0.2) is 0 Å². The van der Waals surface area contributed by atoms with Crippen molar-refractivity contribution in [1.29, 1.82) is 0 Å². The number of hydrogen-bond acceptors (Lipinski definition) is 3. The van der Waals surface area contributed by atoms with E-state index in [1.165, 1.54) is 12.1 Å². The Bertz CT molecular complexity index is 458. The highest BCUT2D eigenvalue weighted by molar-refractivity contribution is 7.99. The molecule has 0 aliphatic heterocycles. The lowest BCUT2D eigenvalue weighted by atomic mass is 9.77. The quantitative estimate of drug-likeness (QED) is 0.819. The molecule has 0 heterocycles. The average molecular weight is 287 g/mol. The van der Waals surface area contributed by atoms with E-state index in [1.54, 1.807) is 12.1 Å². The summed E-state index contributed by atoms with van der Waals surface area (Å²) in [4.78, 5) is 12.4. The predicted octanol–water partition coefficient (Wildman–Crippen LogP) is 2.65. The van der Waals surface area contributed by atoms with E-state index in [4.69, 9.17) is 0 Å². The zero-order chi connectivity index (χ0) is 13.9. The Hall–Kier alpha value is -1.14. The van der Waals surface area contributed by atoms with Gasteiger partial charge in [-0.2, -0.15) is 8.78 Å². The normalized spacial score (nSPS) is 17.1. The van der Waals surface area contributed by atoms with Crippen molar-refractivity contribution in [2.45, 2.75) is 35.5 Å². The van der Waals surface area contributed by atoms with Crippen molar-refractivity contribution < 1.29 is 18.7 Å². The van der Waals surface area contributed by atoms with E-state index in [9.17, 15) is 18.7 Å². The molecule has 6 heteroatoms. The Balaban J connectivity index is 2.14. The van der Waals surface area contributed by atoms with E-state index < -0.39 is 17.2 Å². The van der Waals surface area contributed by atoms with Gasteiger partial charge in [0.1, 0.15) is 0 Å². The standard InChI is InChI=1S/C13H15F2NO2S/c14-12(15)19-10-5-2-1-4-9(10)11(18)16-13(8-17)6-3-7-13/h1-2,4-5,12,17H,3,6-8H2,(H,16,18). The molecule has 0 bridgehead atoms. The molecule has 1 aliphatic carbocycles. The van der Waals surface area contributed by atoms with Crippen LogP contribution < -0.4 is 5.32 Å². The molecular formula is C13H15F2NO2S.